The number of hydrogen-bond acceptors (Lipinski definition) is 5. The van der Waals surface area contributed by atoms with E-state index in [9.17, 15) is 9.59 Å². The average Bonchev–Trinajstić information content (AvgIpc) is 2.40. The summed E-state index contributed by atoms with van der Waals surface area (Å²) in [6.07, 6.45) is 0. The van der Waals surface area contributed by atoms with Crippen LogP contribution in [0, 0.1) is 0 Å². The van der Waals surface area contributed by atoms with Gasteiger partial charge in [-0.2, -0.15) is 0 Å². The first-order valence-electron chi connectivity index (χ1n) is 5.68. The third kappa shape index (κ3) is 2.69. The molecule has 0 aromatic heterocycles. The maximum absolute atomic E-state index is 12.0. The molecule has 0 heterocycles. The van der Waals surface area contributed by atoms with Gasteiger partial charge in [-0.15, -0.1) is 0 Å². The standard InChI is InChI=1S/C14H12N2O4/c15-9-4-1-3-8(7-9)14(19)20-12-10(13(17)18)5-2-6-11(12)16/h1-7H,15-16H2,(H,17,18). The highest BCUT2D eigenvalue weighted by Crippen LogP contribution is 2.27. The van der Waals surface area contributed by atoms with Gasteiger partial charge in [-0.05, 0) is 30.3 Å². The van der Waals surface area contributed by atoms with Crippen molar-refractivity contribution in [1.29, 1.82) is 0 Å². The molecule has 0 atom stereocenters. The molecule has 0 unspecified atom stereocenters. The zero-order chi connectivity index (χ0) is 14.7. The third-order valence-corrected chi connectivity index (χ3v) is 2.59. The molecule has 0 aliphatic rings. The summed E-state index contributed by atoms with van der Waals surface area (Å²) in [6.45, 7) is 0. The number of esters is 1. The minimum absolute atomic E-state index is 0.0714. The fraction of sp³-hybridized carbons (Fsp3) is 0. The third-order valence-electron chi connectivity index (χ3n) is 2.59. The van der Waals surface area contributed by atoms with Crippen LogP contribution in [-0.2, 0) is 0 Å². The number of rotatable bonds is 3. The summed E-state index contributed by atoms with van der Waals surface area (Å²) >= 11 is 0. The van der Waals surface area contributed by atoms with Crippen molar-refractivity contribution in [2.45, 2.75) is 0 Å². The smallest absolute Gasteiger partial charge is 0.343 e. The van der Waals surface area contributed by atoms with Crippen LogP contribution in [0.3, 0.4) is 0 Å². The van der Waals surface area contributed by atoms with Crippen LogP contribution in [0.2, 0.25) is 0 Å². The van der Waals surface area contributed by atoms with Gasteiger partial charge in [-0.1, -0.05) is 12.1 Å². The van der Waals surface area contributed by atoms with Gasteiger partial charge in [0, 0.05) is 5.69 Å². The summed E-state index contributed by atoms with van der Waals surface area (Å²) < 4.78 is 5.08. The van der Waals surface area contributed by atoms with E-state index in [2.05, 4.69) is 0 Å². The minimum Gasteiger partial charge on any atom is -0.478 e. The summed E-state index contributed by atoms with van der Waals surface area (Å²) in [5.74, 6) is -2.13. The van der Waals surface area contributed by atoms with Crippen molar-refractivity contribution in [3.8, 4) is 5.75 Å². The number of aromatic carboxylic acids is 1. The Kier molecular flexibility index (Phi) is 3.56. The van der Waals surface area contributed by atoms with Crippen molar-refractivity contribution in [1.82, 2.24) is 0 Å². The topological polar surface area (TPSA) is 116 Å². The zero-order valence-corrected chi connectivity index (χ0v) is 10.4. The molecule has 6 nitrogen and oxygen atoms in total. The van der Waals surface area contributed by atoms with Gasteiger partial charge in [-0.25, -0.2) is 9.59 Å². The number of carbonyl (C=O) groups is 2. The maximum atomic E-state index is 12.0. The van der Waals surface area contributed by atoms with Crippen molar-refractivity contribution in [2.24, 2.45) is 0 Å². The van der Waals surface area contributed by atoms with E-state index in [1.807, 2.05) is 0 Å². The number of ether oxygens (including phenoxy) is 1. The van der Waals surface area contributed by atoms with E-state index in [1.54, 1.807) is 12.1 Å². The summed E-state index contributed by atoms with van der Waals surface area (Å²) in [5, 5.41) is 9.05. The summed E-state index contributed by atoms with van der Waals surface area (Å²) in [5.41, 5.74) is 11.7. The number of carboxylic acids is 1. The fourth-order valence-electron chi connectivity index (χ4n) is 1.65. The lowest BCUT2D eigenvalue weighted by Crippen LogP contribution is -2.13. The minimum atomic E-state index is -1.23. The van der Waals surface area contributed by atoms with E-state index >= 15 is 0 Å². The normalized spacial score (nSPS) is 10.0. The van der Waals surface area contributed by atoms with Gasteiger partial charge in [0.1, 0.15) is 5.56 Å². The second-order valence-corrected chi connectivity index (χ2v) is 4.04. The summed E-state index contributed by atoms with van der Waals surface area (Å²) in [7, 11) is 0. The Morgan fingerprint density at radius 1 is 1.05 bits per heavy atom. The molecular formula is C14H12N2O4. The largest absolute Gasteiger partial charge is 0.478 e. The molecule has 6 heteroatoms. The number of anilines is 2. The molecule has 2 aromatic rings. The Bertz CT molecular complexity index is 683. The van der Waals surface area contributed by atoms with Crippen molar-refractivity contribution in [3.05, 3.63) is 53.6 Å². The van der Waals surface area contributed by atoms with Crippen LogP contribution in [0.5, 0.6) is 5.75 Å². The van der Waals surface area contributed by atoms with Gasteiger partial charge in [0.05, 0.1) is 11.3 Å². The van der Waals surface area contributed by atoms with Crippen LogP contribution >= 0.6 is 0 Å². The van der Waals surface area contributed by atoms with Gasteiger partial charge in [0.15, 0.2) is 5.75 Å². The predicted octanol–water partition coefficient (Wildman–Crippen LogP) is 1.77. The first-order valence-corrected chi connectivity index (χ1v) is 5.68. The lowest BCUT2D eigenvalue weighted by molar-refractivity contribution is 0.0682. The Hall–Kier alpha value is -3.02. The highest BCUT2D eigenvalue weighted by Gasteiger charge is 2.18. The number of para-hydroxylation sites is 1. The van der Waals surface area contributed by atoms with Gasteiger partial charge < -0.3 is 21.3 Å². The van der Waals surface area contributed by atoms with Crippen LogP contribution in [0.1, 0.15) is 20.7 Å². The molecule has 0 spiro atoms. The van der Waals surface area contributed by atoms with Gasteiger partial charge in [0.2, 0.25) is 0 Å². The molecule has 0 bridgehead atoms. The Morgan fingerprint density at radius 2 is 1.75 bits per heavy atom. The molecule has 20 heavy (non-hydrogen) atoms. The molecule has 0 aliphatic carbocycles. The maximum Gasteiger partial charge on any atom is 0.343 e. The Morgan fingerprint density at radius 3 is 2.40 bits per heavy atom. The monoisotopic (exact) mass is 272 g/mol. The van der Waals surface area contributed by atoms with Crippen LogP contribution in [0.25, 0.3) is 0 Å². The zero-order valence-electron chi connectivity index (χ0n) is 10.4. The van der Waals surface area contributed by atoms with Crippen LogP contribution in [0.4, 0.5) is 11.4 Å². The number of nitrogen functional groups attached to an aromatic ring is 2. The average molecular weight is 272 g/mol. The lowest BCUT2D eigenvalue weighted by atomic mass is 10.1. The van der Waals surface area contributed by atoms with Gasteiger partial charge in [-0.3, -0.25) is 0 Å². The summed E-state index contributed by atoms with van der Waals surface area (Å²) in [4.78, 5) is 23.0. The highest BCUT2D eigenvalue weighted by molar-refractivity contribution is 5.97. The predicted molar refractivity (Wildman–Crippen MR) is 73.6 cm³/mol. The number of nitrogens with two attached hydrogens (primary N) is 2. The number of carbonyl (C=O) groups excluding carboxylic acids is 1. The Balaban J connectivity index is 2.35. The second kappa shape index (κ2) is 5.31. The molecular weight excluding hydrogens is 260 g/mol. The molecule has 102 valence electrons. The Labute approximate surface area is 114 Å². The second-order valence-electron chi connectivity index (χ2n) is 4.04. The molecule has 0 aliphatic heterocycles. The molecule has 0 amide bonds. The molecule has 2 rings (SSSR count). The van der Waals surface area contributed by atoms with E-state index in [4.69, 9.17) is 21.3 Å². The first kappa shape index (κ1) is 13.4. The van der Waals surface area contributed by atoms with Crippen molar-refractivity contribution < 1.29 is 19.4 Å². The molecule has 0 radical (unpaired) electrons. The van der Waals surface area contributed by atoms with Crippen LogP contribution in [0.15, 0.2) is 42.5 Å². The quantitative estimate of drug-likeness (QED) is 0.445. The molecule has 0 saturated carbocycles. The van der Waals surface area contributed by atoms with Crippen LogP contribution in [-0.4, -0.2) is 17.0 Å². The van der Waals surface area contributed by atoms with Gasteiger partial charge >= 0.3 is 11.9 Å². The number of hydrogen-bond donors (Lipinski definition) is 3. The van der Waals surface area contributed by atoms with Crippen molar-refractivity contribution in [3.63, 3.8) is 0 Å². The molecule has 2 aromatic carbocycles. The van der Waals surface area contributed by atoms with Crippen molar-refractivity contribution in [2.75, 3.05) is 11.5 Å². The van der Waals surface area contributed by atoms with E-state index in [1.165, 1.54) is 30.3 Å². The molecule has 0 fully saturated rings. The van der Waals surface area contributed by atoms with Gasteiger partial charge in [0.25, 0.3) is 0 Å². The first-order chi connectivity index (χ1) is 9.49. The van der Waals surface area contributed by atoms with Crippen LogP contribution < -0.4 is 16.2 Å². The van der Waals surface area contributed by atoms with E-state index in [-0.39, 0.29) is 22.6 Å². The number of carboxylic acid groups (broad SMARTS) is 1. The number of benzene rings is 2. The molecule has 0 saturated heterocycles. The lowest BCUT2D eigenvalue weighted by Gasteiger charge is -2.10. The van der Waals surface area contributed by atoms with E-state index < -0.39 is 11.9 Å². The fourth-order valence-corrected chi connectivity index (χ4v) is 1.65. The molecule has 5 N–H and O–H groups in total. The van der Waals surface area contributed by atoms with E-state index in [0.717, 1.165) is 0 Å². The SMILES string of the molecule is Nc1cccc(C(=O)Oc2c(N)cccc2C(=O)O)c1. The van der Waals surface area contributed by atoms with Crippen molar-refractivity contribution >= 4 is 23.3 Å². The summed E-state index contributed by atoms with van der Waals surface area (Å²) in [6, 6.07) is 10.4. The highest BCUT2D eigenvalue weighted by atomic mass is 16.5. The van der Waals surface area contributed by atoms with E-state index in [0.29, 0.717) is 5.69 Å².